The molecule has 0 saturated carbocycles. The average Bonchev–Trinajstić information content (AvgIpc) is 2.90. The molecule has 0 bridgehead atoms. The van der Waals surface area contributed by atoms with E-state index in [0.717, 1.165) is 0 Å². The molecule has 0 saturated heterocycles. The van der Waals surface area contributed by atoms with Crippen molar-refractivity contribution < 1.29 is 17.9 Å². The summed E-state index contributed by atoms with van der Waals surface area (Å²) in [6.45, 7) is 1.58. The minimum atomic E-state index is -3.62. The van der Waals surface area contributed by atoms with Gasteiger partial charge in [-0.2, -0.15) is 0 Å². The molecule has 5 nitrogen and oxygen atoms in total. The molecule has 0 fully saturated rings. The van der Waals surface area contributed by atoms with Crippen LogP contribution in [0.5, 0.6) is 0 Å². The Bertz CT molecular complexity index is 647. The Morgan fingerprint density at radius 2 is 2.05 bits per heavy atom. The van der Waals surface area contributed by atoms with Crippen molar-refractivity contribution in [2.45, 2.75) is 25.0 Å². The molecule has 1 heterocycles. The smallest absolute Gasteiger partial charge is 0.241 e. The van der Waals surface area contributed by atoms with Crippen molar-refractivity contribution in [1.82, 2.24) is 4.72 Å². The lowest BCUT2D eigenvalue weighted by Gasteiger charge is -2.11. The molecule has 0 aliphatic rings. The minimum Gasteiger partial charge on any atom is -0.468 e. The highest BCUT2D eigenvalue weighted by molar-refractivity contribution is 7.89. The molecule has 102 valence electrons. The van der Waals surface area contributed by atoms with E-state index in [-0.39, 0.29) is 18.0 Å². The van der Waals surface area contributed by atoms with Gasteiger partial charge in [0.25, 0.3) is 0 Å². The molecule has 0 aliphatic carbocycles. The largest absolute Gasteiger partial charge is 0.468 e. The number of rotatable bonds is 5. The van der Waals surface area contributed by atoms with Crippen molar-refractivity contribution in [1.29, 1.82) is 0 Å². The predicted molar refractivity (Wildman–Crippen MR) is 69.8 cm³/mol. The molecule has 1 aromatic heterocycles. The van der Waals surface area contributed by atoms with Gasteiger partial charge in [-0.3, -0.25) is 0 Å². The number of benzene rings is 1. The second-order valence-electron chi connectivity index (χ2n) is 4.10. The number of hydrogen-bond acceptors (Lipinski definition) is 4. The van der Waals surface area contributed by atoms with Gasteiger partial charge < -0.3 is 9.52 Å². The van der Waals surface area contributed by atoms with Crippen LogP contribution in [0.25, 0.3) is 0 Å². The lowest BCUT2D eigenvalue weighted by Crippen LogP contribution is -2.24. The molecular formula is C13H15NO4S. The predicted octanol–water partition coefficient (Wildman–Crippen LogP) is 1.56. The third-order valence-corrected chi connectivity index (χ3v) is 4.42. The highest BCUT2D eigenvalue weighted by atomic mass is 32.2. The van der Waals surface area contributed by atoms with Crippen LogP contribution in [0.2, 0.25) is 0 Å². The maximum atomic E-state index is 12.2. The zero-order valence-corrected chi connectivity index (χ0v) is 11.3. The fourth-order valence-electron chi connectivity index (χ4n) is 1.78. The first kappa shape index (κ1) is 13.8. The summed E-state index contributed by atoms with van der Waals surface area (Å²) >= 11 is 0. The molecule has 0 unspecified atom stereocenters. The summed E-state index contributed by atoms with van der Waals surface area (Å²) in [5.41, 5.74) is 1.15. The summed E-state index contributed by atoms with van der Waals surface area (Å²) in [6, 6.07) is 8.21. The summed E-state index contributed by atoms with van der Waals surface area (Å²) in [6.07, 6.45) is 1.49. The Hall–Kier alpha value is -1.63. The summed E-state index contributed by atoms with van der Waals surface area (Å²) in [5.74, 6) is 0.541. The first-order valence-corrected chi connectivity index (χ1v) is 7.24. The molecule has 0 amide bonds. The van der Waals surface area contributed by atoms with E-state index in [1.807, 2.05) is 0 Å². The second kappa shape index (κ2) is 5.56. The van der Waals surface area contributed by atoms with E-state index in [1.54, 1.807) is 31.2 Å². The molecule has 19 heavy (non-hydrogen) atoms. The van der Waals surface area contributed by atoms with Gasteiger partial charge in [-0.05, 0) is 36.2 Å². The van der Waals surface area contributed by atoms with Crippen LogP contribution in [0.15, 0.2) is 45.9 Å². The quantitative estimate of drug-likeness (QED) is 0.871. The Balaban J connectivity index is 2.24. The molecule has 0 spiro atoms. The number of aliphatic hydroxyl groups is 1. The normalized spacial score (nSPS) is 11.7. The fourth-order valence-corrected chi connectivity index (χ4v) is 3.06. The van der Waals surface area contributed by atoms with Gasteiger partial charge in [0, 0.05) is 0 Å². The van der Waals surface area contributed by atoms with Gasteiger partial charge in [-0.25, -0.2) is 13.1 Å². The van der Waals surface area contributed by atoms with E-state index in [9.17, 15) is 8.42 Å². The van der Waals surface area contributed by atoms with Crippen LogP contribution in [0.1, 0.15) is 16.9 Å². The van der Waals surface area contributed by atoms with Crippen LogP contribution in [-0.4, -0.2) is 13.5 Å². The van der Waals surface area contributed by atoms with Crippen molar-refractivity contribution in [3.63, 3.8) is 0 Å². The van der Waals surface area contributed by atoms with Gasteiger partial charge in [0.1, 0.15) is 5.76 Å². The number of sulfonamides is 1. The zero-order chi connectivity index (χ0) is 13.9. The maximum absolute atomic E-state index is 12.2. The van der Waals surface area contributed by atoms with E-state index < -0.39 is 10.0 Å². The van der Waals surface area contributed by atoms with Crippen molar-refractivity contribution in [2.24, 2.45) is 0 Å². The monoisotopic (exact) mass is 281 g/mol. The molecule has 2 aromatic rings. The molecule has 6 heteroatoms. The summed E-state index contributed by atoms with van der Waals surface area (Å²) in [5, 5.41) is 9.16. The number of furan rings is 1. The molecule has 2 N–H and O–H groups in total. The van der Waals surface area contributed by atoms with E-state index in [1.165, 1.54) is 12.3 Å². The third-order valence-electron chi connectivity index (χ3n) is 2.87. The van der Waals surface area contributed by atoms with Crippen LogP contribution in [-0.2, 0) is 23.2 Å². The molecule has 0 aliphatic heterocycles. The topological polar surface area (TPSA) is 79.5 Å². The van der Waals surface area contributed by atoms with Crippen LogP contribution in [0, 0.1) is 6.92 Å². The molecule has 2 rings (SSSR count). The van der Waals surface area contributed by atoms with Crippen LogP contribution in [0.3, 0.4) is 0 Å². The van der Waals surface area contributed by atoms with Crippen LogP contribution in [0.4, 0.5) is 0 Å². The average molecular weight is 281 g/mol. The van der Waals surface area contributed by atoms with Gasteiger partial charge in [0.2, 0.25) is 10.0 Å². The molecule has 0 atom stereocenters. The van der Waals surface area contributed by atoms with Crippen molar-refractivity contribution in [2.75, 3.05) is 0 Å². The summed E-state index contributed by atoms with van der Waals surface area (Å²) in [7, 11) is -3.62. The highest BCUT2D eigenvalue weighted by Crippen LogP contribution is 2.19. The maximum Gasteiger partial charge on any atom is 0.241 e. The Labute approximate surface area is 111 Å². The van der Waals surface area contributed by atoms with E-state index in [4.69, 9.17) is 9.52 Å². The van der Waals surface area contributed by atoms with Gasteiger partial charge in [0.15, 0.2) is 0 Å². The van der Waals surface area contributed by atoms with E-state index in [2.05, 4.69) is 4.72 Å². The van der Waals surface area contributed by atoms with Gasteiger partial charge in [-0.15, -0.1) is 0 Å². The van der Waals surface area contributed by atoms with Crippen molar-refractivity contribution in [3.05, 3.63) is 53.5 Å². The van der Waals surface area contributed by atoms with E-state index in [0.29, 0.717) is 16.9 Å². The van der Waals surface area contributed by atoms with Crippen LogP contribution < -0.4 is 4.72 Å². The third kappa shape index (κ3) is 3.04. The molecule has 1 aromatic carbocycles. The first-order chi connectivity index (χ1) is 9.04. The number of aliphatic hydroxyl groups excluding tert-OH is 1. The van der Waals surface area contributed by atoms with Gasteiger partial charge >= 0.3 is 0 Å². The van der Waals surface area contributed by atoms with Gasteiger partial charge in [-0.1, -0.05) is 12.1 Å². The first-order valence-electron chi connectivity index (χ1n) is 5.76. The standard InChI is InChI=1S/C13H15NO4S/c1-10-11(9-15)4-2-6-13(10)19(16,17)14-8-12-5-3-7-18-12/h2-7,14-15H,8-9H2,1H3. The van der Waals surface area contributed by atoms with Crippen molar-refractivity contribution >= 4 is 10.0 Å². The number of nitrogens with one attached hydrogen (secondary N) is 1. The SMILES string of the molecule is Cc1c(CO)cccc1S(=O)(=O)NCc1ccco1. The second-order valence-corrected chi connectivity index (χ2v) is 5.84. The van der Waals surface area contributed by atoms with Gasteiger partial charge in [0.05, 0.1) is 24.3 Å². The van der Waals surface area contributed by atoms with E-state index >= 15 is 0 Å². The lowest BCUT2D eigenvalue weighted by atomic mass is 10.1. The lowest BCUT2D eigenvalue weighted by molar-refractivity contribution is 0.280. The zero-order valence-electron chi connectivity index (χ0n) is 10.5. The Kier molecular flexibility index (Phi) is 4.04. The minimum absolute atomic E-state index is 0.0954. The van der Waals surface area contributed by atoms with Crippen LogP contribution >= 0.6 is 0 Å². The van der Waals surface area contributed by atoms with Crippen molar-refractivity contribution in [3.8, 4) is 0 Å². The fraction of sp³-hybridized carbons (Fsp3) is 0.231. The highest BCUT2D eigenvalue weighted by Gasteiger charge is 2.18. The summed E-state index contributed by atoms with van der Waals surface area (Å²) in [4.78, 5) is 0.172. The number of hydrogen-bond donors (Lipinski definition) is 2. The Morgan fingerprint density at radius 1 is 1.26 bits per heavy atom. The molecular weight excluding hydrogens is 266 g/mol. The molecule has 0 radical (unpaired) electrons. The Morgan fingerprint density at radius 3 is 2.68 bits per heavy atom. The summed E-state index contributed by atoms with van der Waals surface area (Å²) < 4.78 is 31.9.